The largest absolute Gasteiger partial charge is 0.462 e. The lowest BCUT2D eigenvalue weighted by atomic mass is 9.83. The van der Waals surface area contributed by atoms with E-state index in [4.69, 9.17) is 9.47 Å². The van der Waals surface area contributed by atoms with Gasteiger partial charge in [0, 0.05) is 17.3 Å². The molecule has 0 aliphatic heterocycles. The van der Waals surface area contributed by atoms with Gasteiger partial charge in [-0.25, -0.2) is 9.59 Å². The molecule has 1 aliphatic rings. The van der Waals surface area contributed by atoms with Crippen LogP contribution in [0.5, 0.6) is 0 Å². The van der Waals surface area contributed by atoms with Crippen molar-refractivity contribution in [3.8, 4) is 0 Å². The Bertz CT molecular complexity index is 947. The van der Waals surface area contributed by atoms with E-state index in [-0.39, 0.29) is 46.7 Å². The summed E-state index contributed by atoms with van der Waals surface area (Å²) in [5.41, 5.74) is -0.537. The first-order valence-corrected chi connectivity index (χ1v) is 8.06. The highest BCUT2D eigenvalue weighted by molar-refractivity contribution is 6.30. The third kappa shape index (κ3) is 2.67. The first-order chi connectivity index (χ1) is 12.5. The molecule has 0 spiro atoms. The van der Waals surface area contributed by atoms with Gasteiger partial charge in [-0.2, -0.15) is 0 Å². The zero-order valence-electron chi connectivity index (χ0n) is 14.2. The number of aromatic nitrogens is 1. The molecule has 2 aromatic rings. The zero-order chi connectivity index (χ0) is 18.8. The van der Waals surface area contributed by atoms with Crippen LogP contribution in [0.25, 0.3) is 0 Å². The first-order valence-electron chi connectivity index (χ1n) is 8.06. The van der Waals surface area contributed by atoms with Crippen molar-refractivity contribution in [1.82, 2.24) is 4.98 Å². The predicted molar refractivity (Wildman–Crippen MR) is 89.5 cm³/mol. The van der Waals surface area contributed by atoms with Crippen LogP contribution in [0.15, 0.2) is 30.5 Å². The molecule has 26 heavy (non-hydrogen) atoms. The Balaban J connectivity index is 2.29. The van der Waals surface area contributed by atoms with E-state index in [1.807, 2.05) is 0 Å². The van der Waals surface area contributed by atoms with Crippen molar-refractivity contribution in [2.45, 2.75) is 13.8 Å². The van der Waals surface area contributed by atoms with Crippen LogP contribution in [0.4, 0.5) is 0 Å². The van der Waals surface area contributed by atoms with E-state index in [9.17, 15) is 19.2 Å². The summed E-state index contributed by atoms with van der Waals surface area (Å²) in [5.74, 6) is -2.74. The van der Waals surface area contributed by atoms with Crippen LogP contribution in [0.1, 0.15) is 66.5 Å². The second kappa shape index (κ2) is 6.87. The lowest BCUT2D eigenvalue weighted by Crippen LogP contribution is -2.28. The van der Waals surface area contributed by atoms with Gasteiger partial charge >= 0.3 is 11.9 Å². The van der Waals surface area contributed by atoms with Gasteiger partial charge in [0.25, 0.3) is 0 Å². The summed E-state index contributed by atoms with van der Waals surface area (Å²) >= 11 is 0. The van der Waals surface area contributed by atoms with Crippen molar-refractivity contribution in [3.05, 3.63) is 64.0 Å². The number of benzene rings is 1. The Kier molecular flexibility index (Phi) is 4.62. The topological polar surface area (TPSA) is 99.6 Å². The quantitative estimate of drug-likeness (QED) is 0.663. The van der Waals surface area contributed by atoms with Crippen molar-refractivity contribution in [3.63, 3.8) is 0 Å². The van der Waals surface area contributed by atoms with E-state index < -0.39 is 23.5 Å². The molecule has 0 saturated heterocycles. The summed E-state index contributed by atoms with van der Waals surface area (Å²) in [6.45, 7) is 3.32. The number of nitrogens with zero attached hydrogens (tertiary/aromatic N) is 1. The maximum absolute atomic E-state index is 13.0. The van der Waals surface area contributed by atoms with E-state index in [0.29, 0.717) is 0 Å². The standard InChI is InChI=1S/C19H15NO6/c1-3-25-18(23)12-9-20-15-14(13(12)19(24)26-4-2)16(21)10-7-5-6-8-11(10)17(15)22/h5-9H,3-4H2,1-2H3. The molecule has 1 heterocycles. The molecule has 1 aliphatic carbocycles. The third-order valence-corrected chi connectivity index (χ3v) is 3.91. The molecule has 3 rings (SSSR count). The van der Waals surface area contributed by atoms with Gasteiger partial charge in [0.15, 0.2) is 5.78 Å². The van der Waals surface area contributed by atoms with Gasteiger partial charge in [-0.05, 0) is 13.8 Å². The normalized spacial score (nSPS) is 12.2. The highest BCUT2D eigenvalue weighted by atomic mass is 16.5. The summed E-state index contributed by atoms with van der Waals surface area (Å²) in [6, 6.07) is 6.25. The van der Waals surface area contributed by atoms with E-state index in [1.165, 1.54) is 12.1 Å². The number of carbonyl (C=O) groups excluding carboxylic acids is 4. The number of esters is 2. The van der Waals surface area contributed by atoms with Gasteiger partial charge in [-0.1, -0.05) is 24.3 Å². The molecule has 132 valence electrons. The molecular weight excluding hydrogens is 338 g/mol. The van der Waals surface area contributed by atoms with Crippen molar-refractivity contribution in [1.29, 1.82) is 0 Å². The van der Waals surface area contributed by atoms with E-state index in [2.05, 4.69) is 4.98 Å². The van der Waals surface area contributed by atoms with E-state index in [0.717, 1.165) is 6.20 Å². The van der Waals surface area contributed by atoms with Crippen LogP contribution in [0.2, 0.25) is 0 Å². The molecule has 7 heteroatoms. The minimum Gasteiger partial charge on any atom is -0.462 e. The number of hydrogen-bond acceptors (Lipinski definition) is 7. The minimum atomic E-state index is -0.880. The molecule has 1 aromatic heterocycles. The van der Waals surface area contributed by atoms with Crippen LogP contribution >= 0.6 is 0 Å². The van der Waals surface area contributed by atoms with Crippen molar-refractivity contribution < 1.29 is 28.7 Å². The van der Waals surface area contributed by atoms with Crippen LogP contribution in [0, 0.1) is 0 Å². The molecule has 0 N–H and O–H groups in total. The molecule has 0 unspecified atom stereocenters. The molecule has 0 fully saturated rings. The van der Waals surface area contributed by atoms with Gasteiger partial charge in [-0.3, -0.25) is 14.6 Å². The van der Waals surface area contributed by atoms with Crippen LogP contribution in [-0.2, 0) is 9.47 Å². The van der Waals surface area contributed by atoms with Gasteiger partial charge in [0.1, 0.15) is 5.69 Å². The Morgan fingerprint density at radius 2 is 1.50 bits per heavy atom. The number of pyridine rings is 1. The van der Waals surface area contributed by atoms with Gasteiger partial charge in [0.2, 0.25) is 5.78 Å². The van der Waals surface area contributed by atoms with E-state index in [1.54, 1.807) is 26.0 Å². The summed E-state index contributed by atoms with van der Waals surface area (Å²) < 4.78 is 9.93. The fourth-order valence-corrected chi connectivity index (χ4v) is 2.82. The highest BCUT2D eigenvalue weighted by Gasteiger charge is 2.37. The summed E-state index contributed by atoms with van der Waals surface area (Å²) in [7, 11) is 0. The number of hydrogen-bond donors (Lipinski definition) is 0. The SMILES string of the molecule is CCOC(=O)c1cnc2c(c1C(=O)OCC)C(=O)c1ccccc1C2=O. The Morgan fingerprint density at radius 1 is 0.923 bits per heavy atom. The maximum Gasteiger partial charge on any atom is 0.340 e. The number of ether oxygens (including phenoxy) is 2. The molecule has 0 atom stereocenters. The van der Waals surface area contributed by atoms with Crippen LogP contribution < -0.4 is 0 Å². The number of rotatable bonds is 4. The van der Waals surface area contributed by atoms with Crippen molar-refractivity contribution in [2.75, 3.05) is 13.2 Å². The second-order valence-corrected chi connectivity index (χ2v) is 5.42. The molecule has 1 aromatic carbocycles. The number of ketones is 2. The summed E-state index contributed by atoms with van der Waals surface area (Å²) in [4.78, 5) is 54.4. The molecule has 0 bridgehead atoms. The lowest BCUT2D eigenvalue weighted by molar-refractivity contribution is 0.0476. The molecule has 0 saturated carbocycles. The van der Waals surface area contributed by atoms with Gasteiger partial charge in [0.05, 0.1) is 29.9 Å². The first kappa shape index (κ1) is 17.5. The average molecular weight is 353 g/mol. The van der Waals surface area contributed by atoms with Gasteiger partial charge < -0.3 is 9.47 Å². The Morgan fingerprint density at radius 3 is 2.12 bits per heavy atom. The summed E-state index contributed by atoms with van der Waals surface area (Å²) in [6.07, 6.45) is 1.07. The molecule has 0 radical (unpaired) electrons. The lowest BCUT2D eigenvalue weighted by Gasteiger charge is -2.20. The second-order valence-electron chi connectivity index (χ2n) is 5.42. The number of fused-ring (bicyclic) bond motifs is 2. The molecule has 0 amide bonds. The van der Waals surface area contributed by atoms with E-state index >= 15 is 0 Å². The third-order valence-electron chi connectivity index (χ3n) is 3.91. The average Bonchev–Trinajstić information content (AvgIpc) is 2.65. The Hall–Kier alpha value is -3.35. The van der Waals surface area contributed by atoms with Crippen LogP contribution in [-0.4, -0.2) is 41.7 Å². The monoisotopic (exact) mass is 353 g/mol. The maximum atomic E-state index is 13.0. The molecular formula is C19H15NO6. The predicted octanol–water partition coefficient (Wildman–Crippen LogP) is 2.21. The molecule has 7 nitrogen and oxygen atoms in total. The van der Waals surface area contributed by atoms with Gasteiger partial charge in [-0.15, -0.1) is 0 Å². The minimum absolute atomic E-state index is 0.0386. The smallest absolute Gasteiger partial charge is 0.340 e. The fraction of sp³-hybridized carbons (Fsp3) is 0.211. The van der Waals surface area contributed by atoms with Crippen molar-refractivity contribution in [2.24, 2.45) is 0 Å². The fourth-order valence-electron chi connectivity index (χ4n) is 2.82. The van der Waals surface area contributed by atoms with Crippen LogP contribution in [0.3, 0.4) is 0 Å². The Labute approximate surface area is 148 Å². The summed E-state index contributed by atoms with van der Waals surface area (Å²) in [5, 5.41) is 0. The highest BCUT2D eigenvalue weighted by Crippen LogP contribution is 2.30. The number of carbonyl (C=O) groups is 4. The zero-order valence-corrected chi connectivity index (χ0v) is 14.2. The van der Waals surface area contributed by atoms with Crippen molar-refractivity contribution >= 4 is 23.5 Å².